The number of nitrogens with zero attached hydrogens (tertiary/aromatic N) is 6. The molecule has 0 spiro atoms. The number of benzene rings is 3. The summed E-state index contributed by atoms with van der Waals surface area (Å²) >= 11 is 12.8. The molecule has 2 aromatic heterocycles. The molecule has 3 aromatic carbocycles. The first-order chi connectivity index (χ1) is 24.2. The number of hydrogen-bond donors (Lipinski definition) is 4. The van der Waals surface area contributed by atoms with Crippen molar-refractivity contribution in [1.29, 1.82) is 0 Å². The number of rotatable bonds is 11. The van der Waals surface area contributed by atoms with Gasteiger partial charge in [0.1, 0.15) is 6.33 Å². The van der Waals surface area contributed by atoms with Crippen LogP contribution in [0.25, 0.3) is 22.9 Å². The average molecular weight is 714 g/mol. The lowest BCUT2D eigenvalue weighted by Gasteiger charge is -2.20. The SMILES string of the molecule is CNCC(=O)Nc1ccc(C2CC2(NC(=O)C=Cc2cc(Cl)ccc2-n2cnnn2)c2cc(-c3ccc(NC(=O)OC)cc3)c(Cl)nn2)cc1. The molecule has 5 aromatic rings. The van der Waals surface area contributed by atoms with Gasteiger partial charge < -0.3 is 20.7 Å². The predicted octanol–water partition coefficient (Wildman–Crippen LogP) is 4.97. The van der Waals surface area contributed by atoms with Crippen LogP contribution in [-0.2, 0) is 19.9 Å². The van der Waals surface area contributed by atoms with Crippen molar-refractivity contribution >= 4 is 58.6 Å². The van der Waals surface area contributed by atoms with Crippen LogP contribution < -0.4 is 21.3 Å². The summed E-state index contributed by atoms with van der Waals surface area (Å²) in [6.07, 6.45) is 4.42. The molecule has 2 heterocycles. The van der Waals surface area contributed by atoms with Gasteiger partial charge in [0.25, 0.3) is 0 Å². The summed E-state index contributed by atoms with van der Waals surface area (Å²) in [5.74, 6) is -0.733. The Morgan fingerprint density at radius 1 is 0.980 bits per heavy atom. The van der Waals surface area contributed by atoms with E-state index in [1.807, 2.05) is 24.3 Å². The Morgan fingerprint density at radius 3 is 2.42 bits per heavy atom. The fourth-order valence-electron chi connectivity index (χ4n) is 5.58. The highest BCUT2D eigenvalue weighted by Crippen LogP contribution is 2.58. The van der Waals surface area contributed by atoms with Crippen molar-refractivity contribution in [2.45, 2.75) is 17.9 Å². The molecule has 1 fully saturated rings. The smallest absolute Gasteiger partial charge is 0.411 e. The fourth-order valence-corrected chi connectivity index (χ4v) is 5.96. The van der Waals surface area contributed by atoms with Gasteiger partial charge in [-0.1, -0.05) is 47.5 Å². The maximum absolute atomic E-state index is 13.7. The molecule has 254 valence electrons. The van der Waals surface area contributed by atoms with Gasteiger partial charge in [0.2, 0.25) is 11.8 Å². The number of anilines is 2. The summed E-state index contributed by atoms with van der Waals surface area (Å²) < 4.78 is 6.14. The molecule has 50 heavy (non-hydrogen) atoms. The van der Waals surface area contributed by atoms with Crippen molar-refractivity contribution < 1.29 is 19.1 Å². The molecule has 2 unspecified atom stereocenters. The molecule has 2 atom stereocenters. The van der Waals surface area contributed by atoms with Crippen LogP contribution in [0, 0.1) is 0 Å². The molecule has 0 bridgehead atoms. The zero-order valence-electron chi connectivity index (χ0n) is 26.7. The second-order valence-corrected chi connectivity index (χ2v) is 12.1. The summed E-state index contributed by atoms with van der Waals surface area (Å²) in [6, 6.07) is 21.4. The van der Waals surface area contributed by atoms with Gasteiger partial charge in [-0.25, -0.2) is 4.79 Å². The summed E-state index contributed by atoms with van der Waals surface area (Å²) in [7, 11) is 2.98. The first-order valence-corrected chi connectivity index (χ1v) is 16.0. The lowest BCUT2D eigenvalue weighted by molar-refractivity contribution is -0.117. The van der Waals surface area contributed by atoms with Crippen LogP contribution in [0.5, 0.6) is 0 Å². The van der Waals surface area contributed by atoms with E-state index >= 15 is 0 Å². The first kappa shape index (κ1) is 34.2. The van der Waals surface area contributed by atoms with E-state index in [0.29, 0.717) is 45.3 Å². The zero-order chi connectivity index (χ0) is 35.3. The van der Waals surface area contributed by atoms with Gasteiger partial charge in [-0.15, -0.1) is 10.2 Å². The lowest BCUT2D eigenvalue weighted by Crippen LogP contribution is -2.36. The third-order valence-corrected chi connectivity index (χ3v) is 8.59. The first-order valence-electron chi connectivity index (χ1n) is 15.3. The largest absolute Gasteiger partial charge is 0.453 e. The molecule has 6 rings (SSSR count). The number of carbonyl (C=O) groups excluding carboxylic acids is 3. The molecule has 14 nitrogen and oxygen atoms in total. The van der Waals surface area contributed by atoms with Gasteiger partial charge in [0.05, 0.1) is 30.6 Å². The van der Waals surface area contributed by atoms with Crippen molar-refractivity contribution in [1.82, 2.24) is 41.0 Å². The monoisotopic (exact) mass is 712 g/mol. The molecule has 16 heteroatoms. The molecule has 1 saturated carbocycles. The number of amides is 3. The van der Waals surface area contributed by atoms with Gasteiger partial charge >= 0.3 is 6.09 Å². The van der Waals surface area contributed by atoms with E-state index in [-0.39, 0.29) is 29.4 Å². The highest BCUT2D eigenvalue weighted by Gasteiger charge is 2.58. The summed E-state index contributed by atoms with van der Waals surface area (Å²) in [6.45, 7) is 0.182. The van der Waals surface area contributed by atoms with E-state index < -0.39 is 11.6 Å². The summed E-state index contributed by atoms with van der Waals surface area (Å²) in [4.78, 5) is 37.4. The maximum Gasteiger partial charge on any atom is 0.411 e. The van der Waals surface area contributed by atoms with E-state index in [1.54, 1.807) is 61.7 Å². The second-order valence-electron chi connectivity index (χ2n) is 11.3. The Hall–Kier alpha value is -5.70. The van der Waals surface area contributed by atoms with Crippen LogP contribution in [0.2, 0.25) is 10.2 Å². The third-order valence-electron chi connectivity index (χ3n) is 8.07. The number of carbonyl (C=O) groups is 3. The Bertz CT molecular complexity index is 2060. The van der Waals surface area contributed by atoms with Gasteiger partial charge in [0.15, 0.2) is 5.15 Å². The van der Waals surface area contributed by atoms with Crippen LogP contribution in [0.4, 0.5) is 16.2 Å². The maximum atomic E-state index is 13.7. The van der Waals surface area contributed by atoms with Gasteiger partial charge in [-0.05, 0) is 89.6 Å². The molecular formula is C34H30Cl2N10O4. The molecule has 1 aliphatic rings. The van der Waals surface area contributed by atoms with E-state index in [0.717, 1.165) is 11.1 Å². The van der Waals surface area contributed by atoms with Crippen LogP contribution in [-0.4, -0.2) is 69.0 Å². The number of halogens is 2. The predicted molar refractivity (Wildman–Crippen MR) is 188 cm³/mol. The van der Waals surface area contributed by atoms with E-state index in [1.165, 1.54) is 24.2 Å². The lowest BCUT2D eigenvalue weighted by atomic mass is 9.99. The third kappa shape index (κ3) is 7.62. The number of likely N-dealkylation sites (N-methyl/N-ethyl adjacent to an activating group) is 1. The number of nitrogens with one attached hydrogen (secondary N) is 4. The van der Waals surface area contributed by atoms with Crippen LogP contribution in [0.1, 0.15) is 29.2 Å². The summed E-state index contributed by atoms with van der Waals surface area (Å²) in [5, 5.41) is 32.1. The second kappa shape index (κ2) is 14.8. The number of ether oxygens (including phenoxy) is 1. The van der Waals surface area contributed by atoms with Crippen molar-refractivity contribution in [2.24, 2.45) is 0 Å². The minimum Gasteiger partial charge on any atom is -0.453 e. The van der Waals surface area contributed by atoms with Gasteiger partial charge in [0, 0.05) is 39.5 Å². The fraction of sp³-hybridized carbons (Fsp3) is 0.176. The number of tetrazole rings is 1. The van der Waals surface area contributed by atoms with Gasteiger partial charge in [-0.2, -0.15) is 9.78 Å². The average Bonchev–Trinajstić information content (AvgIpc) is 3.56. The Labute approximate surface area is 296 Å². The number of hydrogen-bond acceptors (Lipinski definition) is 10. The van der Waals surface area contributed by atoms with Crippen LogP contribution in [0.3, 0.4) is 0 Å². The molecule has 0 radical (unpaired) electrons. The van der Waals surface area contributed by atoms with Gasteiger partial charge in [-0.3, -0.25) is 14.9 Å². The zero-order valence-corrected chi connectivity index (χ0v) is 28.2. The molecule has 4 N–H and O–H groups in total. The Balaban J connectivity index is 1.31. The van der Waals surface area contributed by atoms with E-state index in [9.17, 15) is 14.4 Å². The minimum absolute atomic E-state index is 0.166. The number of aromatic nitrogens is 6. The topological polar surface area (TPSA) is 178 Å². The van der Waals surface area contributed by atoms with Crippen LogP contribution in [0.15, 0.2) is 85.2 Å². The van der Waals surface area contributed by atoms with Crippen LogP contribution >= 0.6 is 23.2 Å². The van der Waals surface area contributed by atoms with Crippen molar-refractivity contribution in [3.05, 3.63) is 112 Å². The molecule has 1 aliphatic carbocycles. The molecule has 3 amide bonds. The highest BCUT2D eigenvalue weighted by molar-refractivity contribution is 6.32. The van der Waals surface area contributed by atoms with E-state index in [2.05, 4.69) is 51.7 Å². The minimum atomic E-state index is -0.940. The van der Waals surface area contributed by atoms with Crippen molar-refractivity contribution in [3.8, 4) is 16.8 Å². The number of methoxy groups -OCH3 is 1. The van der Waals surface area contributed by atoms with E-state index in [4.69, 9.17) is 23.2 Å². The quantitative estimate of drug-likeness (QED) is 0.137. The normalized spacial score (nSPS) is 16.5. The molecule has 0 saturated heterocycles. The highest BCUT2D eigenvalue weighted by atomic mass is 35.5. The molecule has 0 aliphatic heterocycles. The molecular weight excluding hydrogens is 683 g/mol. The summed E-state index contributed by atoms with van der Waals surface area (Å²) in [5.41, 5.74) is 4.22. The standard InChI is InChI=1S/C34H30Cl2N10O4/c1-37-18-31(48)39-24-11-5-21(6-12-24)27-17-34(27,41-30(47)14-7-22-15-23(35)8-13-28(22)46-19-38-44-45-46)29-16-26(32(36)43-42-29)20-3-9-25(10-4-20)40-33(49)50-2/h3-16,19,27,37H,17-18H2,1-2H3,(H,39,48)(H,40,49)(H,41,47). The van der Waals surface area contributed by atoms with Crippen molar-refractivity contribution in [3.63, 3.8) is 0 Å². The Kier molecular flexibility index (Phi) is 10.1. The Morgan fingerprint density at radius 2 is 1.72 bits per heavy atom. The van der Waals surface area contributed by atoms with Crippen molar-refractivity contribution in [2.75, 3.05) is 31.3 Å².